The molecular weight excluding hydrogens is 681 g/mol. The van der Waals surface area contributed by atoms with Crippen molar-refractivity contribution in [2.45, 2.75) is 27.7 Å². The number of fused-ring (bicyclic) bond motifs is 6. The minimum absolute atomic E-state index is 0.568. The van der Waals surface area contributed by atoms with E-state index >= 15 is 0 Å². The predicted octanol–water partition coefficient (Wildman–Crippen LogP) is 13.4. The van der Waals surface area contributed by atoms with Crippen LogP contribution in [0.15, 0.2) is 158 Å². The van der Waals surface area contributed by atoms with E-state index in [1.807, 2.05) is 24.4 Å². The van der Waals surface area contributed by atoms with Crippen LogP contribution in [0.2, 0.25) is 0 Å². The van der Waals surface area contributed by atoms with Crippen LogP contribution in [0.4, 0.5) is 0 Å². The van der Waals surface area contributed by atoms with Gasteiger partial charge in [0.2, 0.25) is 0 Å². The molecule has 0 spiro atoms. The number of para-hydroxylation sites is 2. The van der Waals surface area contributed by atoms with Gasteiger partial charge in [-0.1, -0.05) is 102 Å². The molecule has 56 heavy (non-hydrogen) atoms. The van der Waals surface area contributed by atoms with Crippen molar-refractivity contribution in [3.8, 4) is 51.0 Å². The Hall–Kier alpha value is -7.22. The van der Waals surface area contributed by atoms with Crippen LogP contribution in [-0.2, 0) is 0 Å². The van der Waals surface area contributed by atoms with Gasteiger partial charge in [0, 0.05) is 33.3 Å². The number of pyridine rings is 1. The Labute approximate surface area is 326 Å². The van der Waals surface area contributed by atoms with E-state index in [0.717, 1.165) is 55.5 Å². The second kappa shape index (κ2) is 13.0. The van der Waals surface area contributed by atoms with Gasteiger partial charge >= 0.3 is 0 Å². The Morgan fingerprint density at radius 3 is 1.54 bits per heavy atom. The summed E-state index contributed by atoms with van der Waals surface area (Å²) in [5.74, 6) is 0. The quantitative estimate of drug-likeness (QED) is 0.178. The summed E-state index contributed by atoms with van der Waals surface area (Å²) in [5.41, 5.74) is 18.1. The normalized spacial score (nSPS) is 11.6. The molecule has 7 aromatic carbocycles. The van der Waals surface area contributed by atoms with Crippen molar-refractivity contribution in [3.63, 3.8) is 0 Å². The largest absolute Gasteiger partial charge is 0.309 e. The molecule has 0 bridgehead atoms. The van der Waals surface area contributed by atoms with Crippen LogP contribution >= 0.6 is 0 Å². The van der Waals surface area contributed by atoms with Crippen molar-refractivity contribution in [2.24, 2.45) is 0 Å². The Balaban J connectivity index is 1.23. The predicted molar refractivity (Wildman–Crippen MR) is 233 cm³/mol. The zero-order valence-electron chi connectivity index (χ0n) is 31.8. The van der Waals surface area contributed by atoms with Crippen LogP contribution < -0.4 is 0 Å². The van der Waals surface area contributed by atoms with Crippen molar-refractivity contribution < 1.29 is 0 Å². The molecule has 3 aromatic heterocycles. The molecular formula is C52H38N4. The number of aromatic nitrogens is 3. The van der Waals surface area contributed by atoms with E-state index in [-0.39, 0.29) is 0 Å². The van der Waals surface area contributed by atoms with Crippen LogP contribution in [0, 0.1) is 39.0 Å². The van der Waals surface area contributed by atoms with Crippen molar-refractivity contribution in [1.82, 2.24) is 14.1 Å². The molecule has 266 valence electrons. The Bertz CT molecular complexity index is 3260. The monoisotopic (exact) mass is 718 g/mol. The van der Waals surface area contributed by atoms with Gasteiger partial charge in [0.05, 0.1) is 50.8 Å². The molecule has 0 saturated heterocycles. The van der Waals surface area contributed by atoms with E-state index < -0.39 is 0 Å². The zero-order valence-corrected chi connectivity index (χ0v) is 31.8. The summed E-state index contributed by atoms with van der Waals surface area (Å²) in [7, 11) is 0. The fourth-order valence-corrected chi connectivity index (χ4v) is 8.91. The number of aryl methyl sites for hydroxylation is 4. The third-order valence-electron chi connectivity index (χ3n) is 11.4. The standard InChI is InChI=1S/C52H38N4/c1-32-18-22-39(34(3)27-32)36-20-24-47-43(29-36)41-12-5-7-14-45(41)55(47)49-16-9-11-38(31-53)51(49)52-50(17-10-26-54-52)56-46-15-8-6-13-42(46)44-30-37(21-25-48(44)56)40-23-19-33(2)28-35(40)4/h5-30H,1-4H3. The van der Waals surface area contributed by atoms with Gasteiger partial charge in [0.15, 0.2) is 0 Å². The number of hydrogen-bond donors (Lipinski definition) is 0. The van der Waals surface area contributed by atoms with Crippen molar-refractivity contribution in [3.05, 3.63) is 186 Å². The Morgan fingerprint density at radius 2 is 0.982 bits per heavy atom. The maximum absolute atomic E-state index is 10.8. The molecule has 10 aromatic rings. The van der Waals surface area contributed by atoms with Crippen LogP contribution in [0.5, 0.6) is 0 Å². The zero-order chi connectivity index (χ0) is 38.1. The third-order valence-corrected chi connectivity index (χ3v) is 11.4. The summed E-state index contributed by atoms with van der Waals surface area (Å²) in [6, 6.07) is 56.7. The first-order chi connectivity index (χ1) is 27.4. The summed E-state index contributed by atoms with van der Waals surface area (Å²) >= 11 is 0. The van der Waals surface area contributed by atoms with Gasteiger partial charge in [-0.25, -0.2) is 0 Å². The smallest absolute Gasteiger partial charge is 0.0999 e. The minimum Gasteiger partial charge on any atom is -0.309 e. The van der Waals surface area contributed by atoms with E-state index in [9.17, 15) is 5.26 Å². The van der Waals surface area contributed by atoms with Crippen LogP contribution in [0.3, 0.4) is 0 Å². The molecule has 3 heterocycles. The molecule has 0 N–H and O–H groups in total. The van der Waals surface area contributed by atoms with Crippen molar-refractivity contribution >= 4 is 43.6 Å². The van der Waals surface area contributed by atoms with Gasteiger partial charge in [0.1, 0.15) is 0 Å². The fraction of sp³-hybridized carbons (Fsp3) is 0.0769. The Morgan fingerprint density at radius 1 is 0.464 bits per heavy atom. The maximum atomic E-state index is 10.8. The average molecular weight is 719 g/mol. The lowest BCUT2D eigenvalue weighted by Gasteiger charge is -2.18. The molecule has 0 amide bonds. The first-order valence-corrected chi connectivity index (χ1v) is 19.1. The third kappa shape index (κ3) is 5.16. The summed E-state index contributed by atoms with van der Waals surface area (Å²) in [4.78, 5) is 5.13. The molecule has 0 atom stereocenters. The second-order valence-electron chi connectivity index (χ2n) is 15.0. The number of benzene rings is 7. The average Bonchev–Trinajstić information content (AvgIpc) is 3.72. The fourth-order valence-electron chi connectivity index (χ4n) is 8.91. The van der Waals surface area contributed by atoms with E-state index in [1.165, 1.54) is 55.3 Å². The van der Waals surface area contributed by atoms with E-state index in [4.69, 9.17) is 4.98 Å². The van der Waals surface area contributed by atoms with Crippen LogP contribution in [0.1, 0.15) is 27.8 Å². The highest BCUT2D eigenvalue weighted by atomic mass is 15.0. The van der Waals surface area contributed by atoms with Crippen LogP contribution in [0.25, 0.3) is 88.5 Å². The summed E-state index contributed by atoms with van der Waals surface area (Å²) in [6.07, 6.45) is 1.84. The molecule has 0 fully saturated rings. The van der Waals surface area contributed by atoms with Crippen molar-refractivity contribution in [2.75, 3.05) is 0 Å². The maximum Gasteiger partial charge on any atom is 0.0999 e. The van der Waals surface area contributed by atoms with E-state index in [2.05, 4.69) is 176 Å². The number of hydrogen-bond acceptors (Lipinski definition) is 2. The number of rotatable bonds is 5. The highest BCUT2D eigenvalue weighted by Crippen LogP contribution is 2.42. The van der Waals surface area contributed by atoms with Gasteiger partial charge in [0.25, 0.3) is 0 Å². The first-order valence-electron chi connectivity index (χ1n) is 19.1. The molecule has 0 unspecified atom stereocenters. The highest BCUT2D eigenvalue weighted by Gasteiger charge is 2.24. The van der Waals surface area contributed by atoms with Gasteiger partial charge in [-0.3, -0.25) is 4.98 Å². The van der Waals surface area contributed by atoms with Gasteiger partial charge in [-0.05, 0) is 122 Å². The molecule has 0 aliphatic carbocycles. The van der Waals surface area contributed by atoms with E-state index in [0.29, 0.717) is 5.56 Å². The molecule has 0 radical (unpaired) electrons. The molecule has 4 nitrogen and oxygen atoms in total. The Kier molecular flexibility index (Phi) is 7.73. The number of nitrogens with zero attached hydrogens (tertiary/aromatic N) is 4. The lowest BCUT2D eigenvalue weighted by Crippen LogP contribution is -2.04. The lowest BCUT2D eigenvalue weighted by molar-refractivity contribution is 1.12. The van der Waals surface area contributed by atoms with E-state index in [1.54, 1.807) is 0 Å². The van der Waals surface area contributed by atoms with Gasteiger partial charge < -0.3 is 9.13 Å². The lowest BCUT2D eigenvalue weighted by atomic mass is 9.97. The summed E-state index contributed by atoms with van der Waals surface area (Å²) in [5, 5.41) is 15.4. The van der Waals surface area contributed by atoms with Gasteiger partial charge in [-0.2, -0.15) is 5.26 Å². The minimum atomic E-state index is 0.568. The van der Waals surface area contributed by atoms with Crippen LogP contribution in [-0.4, -0.2) is 14.1 Å². The van der Waals surface area contributed by atoms with Gasteiger partial charge in [-0.15, -0.1) is 0 Å². The van der Waals surface area contributed by atoms with Crippen molar-refractivity contribution in [1.29, 1.82) is 5.26 Å². The molecule has 0 aliphatic rings. The summed E-state index contributed by atoms with van der Waals surface area (Å²) < 4.78 is 4.63. The molecule has 4 heteroatoms. The SMILES string of the molecule is Cc1ccc(-c2ccc3c(c2)c2ccccc2n3-c2cccnc2-c2c(C#N)cccc2-n2c3ccccc3c3cc(-c4ccc(C)cc4C)ccc32)c(C)c1. The molecule has 10 rings (SSSR count). The first kappa shape index (κ1) is 33.4. The number of nitriles is 1. The molecule has 0 saturated carbocycles. The topological polar surface area (TPSA) is 46.5 Å². The summed E-state index contributed by atoms with van der Waals surface area (Å²) in [6.45, 7) is 8.64. The second-order valence-corrected chi connectivity index (χ2v) is 15.0. The molecule has 0 aliphatic heterocycles. The highest BCUT2D eigenvalue weighted by molar-refractivity contribution is 6.12.